The van der Waals surface area contributed by atoms with Gasteiger partial charge in [0.25, 0.3) is 0 Å². The van der Waals surface area contributed by atoms with Crippen LogP contribution in [0.5, 0.6) is 11.5 Å². The number of carbonyl (C=O) groups is 2. The first-order valence-corrected chi connectivity index (χ1v) is 11.4. The van der Waals surface area contributed by atoms with Gasteiger partial charge in [-0.2, -0.15) is 0 Å². The van der Waals surface area contributed by atoms with Crippen LogP contribution in [-0.2, 0) is 16.1 Å². The lowest BCUT2D eigenvalue weighted by atomic mass is 9.93. The molecule has 2 N–H and O–H groups in total. The van der Waals surface area contributed by atoms with E-state index >= 15 is 0 Å². The average Bonchev–Trinajstić information content (AvgIpc) is 2.79. The Labute approximate surface area is 203 Å². The lowest BCUT2D eigenvalue weighted by Crippen LogP contribution is -2.45. The maximum atomic E-state index is 12.6. The summed E-state index contributed by atoms with van der Waals surface area (Å²) in [5.74, 6) is 0.434. The van der Waals surface area contributed by atoms with Crippen LogP contribution < -0.4 is 20.1 Å². The molecule has 2 amide bonds. The van der Waals surface area contributed by atoms with Gasteiger partial charge in [-0.1, -0.05) is 48.7 Å². The molecular weight excluding hydrogens is 467 g/mol. The van der Waals surface area contributed by atoms with Crippen molar-refractivity contribution in [2.75, 3.05) is 13.7 Å². The van der Waals surface area contributed by atoms with Crippen molar-refractivity contribution in [3.8, 4) is 11.5 Å². The number of halogens is 2. The number of hydrogen-bond donors (Lipinski definition) is 2. The van der Waals surface area contributed by atoms with Crippen molar-refractivity contribution in [2.24, 2.45) is 0 Å². The molecule has 2 aromatic rings. The van der Waals surface area contributed by atoms with Crippen LogP contribution in [0.3, 0.4) is 0 Å². The highest BCUT2D eigenvalue weighted by atomic mass is 35.5. The Kier molecular flexibility index (Phi) is 8.47. The third-order valence-electron chi connectivity index (χ3n) is 5.09. The summed E-state index contributed by atoms with van der Waals surface area (Å²) in [5.41, 5.74) is 2.23. The summed E-state index contributed by atoms with van der Waals surface area (Å²) < 4.78 is 16.7. The second-order valence-electron chi connectivity index (χ2n) is 7.29. The van der Waals surface area contributed by atoms with Gasteiger partial charge in [-0.25, -0.2) is 9.59 Å². The summed E-state index contributed by atoms with van der Waals surface area (Å²) in [6.45, 7) is 4.37. The molecule has 1 aliphatic rings. The fourth-order valence-corrected chi connectivity index (χ4v) is 4.08. The third kappa shape index (κ3) is 5.72. The van der Waals surface area contributed by atoms with Gasteiger partial charge in [-0.15, -0.1) is 0 Å². The summed E-state index contributed by atoms with van der Waals surface area (Å²) in [5, 5.41) is 6.55. The molecule has 2 aromatic carbocycles. The first kappa shape index (κ1) is 24.7. The lowest BCUT2D eigenvalue weighted by Gasteiger charge is -2.29. The number of esters is 1. The van der Waals surface area contributed by atoms with Crippen LogP contribution in [0.25, 0.3) is 0 Å². The minimum atomic E-state index is -0.695. The average molecular weight is 493 g/mol. The fraction of sp³-hybridized carbons (Fsp3) is 0.333. The van der Waals surface area contributed by atoms with E-state index in [1.54, 1.807) is 36.4 Å². The molecule has 0 saturated heterocycles. The quantitative estimate of drug-likeness (QED) is 0.448. The van der Waals surface area contributed by atoms with E-state index in [0.29, 0.717) is 57.0 Å². The van der Waals surface area contributed by atoms with Crippen LogP contribution in [0, 0.1) is 0 Å². The van der Waals surface area contributed by atoms with Crippen molar-refractivity contribution in [1.29, 1.82) is 0 Å². The zero-order valence-corrected chi connectivity index (χ0v) is 20.2. The van der Waals surface area contributed by atoms with Gasteiger partial charge >= 0.3 is 12.0 Å². The third-order valence-corrected chi connectivity index (χ3v) is 5.80. The van der Waals surface area contributed by atoms with Gasteiger partial charge in [0, 0.05) is 21.3 Å². The van der Waals surface area contributed by atoms with Crippen LogP contribution in [0.1, 0.15) is 43.9 Å². The molecule has 9 heteroatoms. The molecule has 0 saturated carbocycles. The molecule has 33 heavy (non-hydrogen) atoms. The van der Waals surface area contributed by atoms with Crippen LogP contribution in [0.4, 0.5) is 4.79 Å². The number of urea groups is 1. The molecule has 176 valence electrons. The largest absolute Gasteiger partial charge is 0.490 e. The van der Waals surface area contributed by atoms with Crippen molar-refractivity contribution in [1.82, 2.24) is 10.6 Å². The van der Waals surface area contributed by atoms with Gasteiger partial charge in [-0.05, 0) is 43.2 Å². The number of methoxy groups -OCH3 is 1. The number of benzene rings is 2. The minimum absolute atomic E-state index is 0.149. The van der Waals surface area contributed by atoms with Gasteiger partial charge < -0.3 is 24.8 Å². The van der Waals surface area contributed by atoms with Crippen LogP contribution in [0.15, 0.2) is 47.7 Å². The number of allylic oxidation sites excluding steroid dienone is 1. The van der Waals surface area contributed by atoms with E-state index in [1.165, 1.54) is 7.11 Å². The van der Waals surface area contributed by atoms with Crippen molar-refractivity contribution in [3.05, 3.63) is 68.8 Å². The highest BCUT2D eigenvalue weighted by Gasteiger charge is 2.33. The summed E-state index contributed by atoms with van der Waals surface area (Å²) in [6.07, 6.45) is 1.29. The highest BCUT2D eigenvalue weighted by Crippen LogP contribution is 2.36. The van der Waals surface area contributed by atoms with E-state index in [0.717, 1.165) is 6.42 Å². The number of carbonyl (C=O) groups excluding carboxylic acids is 2. The predicted molar refractivity (Wildman–Crippen MR) is 127 cm³/mol. The fourth-order valence-electron chi connectivity index (χ4n) is 3.58. The molecule has 1 unspecified atom stereocenters. The molecule has 1 heterocycles. The van der Waals surface area contributed by atoms with E-state index in [1.807, 2.05) is 13.8 Å². The molecule has 0 bridgehead atoms. The smallest absolute Gasteiger partial charge is 0.337 e. The summed E-state index contributed by atoms with van der Waals surface area (Å²) in [4.78, 5) is 24.9. The molecule has 1 atom stereocenters. The SMILES string of the molecule is CCCC1=C(C(=O)OC)C(c2ccc(OCc3c(Cl)cccc3Cl)c(OCC)c2)NC(=O)N1. The first-order valence-electron chi connectivity index (χ1n) is 10.6. The predicted octanol–water partition coefficient (Wildman–Crippen LogP) is 5.55. The summed E-state index contributed by atoms with van der Waals surface area (Å²) >= 11 is 12.5. The van der Waals surface area contributed by atoms with Crippen LogP contribution in [0.2, 0.25) is 10.0 Å². The Hall–Kier alpha value is -2.90. The van der Waals surface area contributed by atoms with Crippen LogP contribution >= 0.6 is 23.2 Å². The normalized spacial score (nSPS) is 15.5. The van der Waals surface area contributed by atoms with Crippen molar-refractivity contribution in [2.45, 2.75) is 39.3 Å². The molecule has 7 nitrogen and oxygen atoms in total. The van der Waals surface area contributed by atoms with Crippen molar-refractivity contribution >= 4 is 35.2 Å². The zero-order chi connectivity index (χ0) is 24.0. The number of amides is 2. The maximum Gasteiger partial charge on any atom is 0.337 e. The van der Waals surface area contributed by atoms with Gasteiger partial charge in [0.2, 0.25) is 0 Å². The second kappa shape index (κ2) is 11.3. The topological polar surface area (TPSA) is 85.9 Å². The van der Waals surface area contributed by atoms with Gasteiger partial charge in [-0.3, -0.25) is 0 Å². The Balaban J connectivity index is 1.96. The summed E-state index contributed by atoms with van der Waals surface area (Å²) in [6, 6.07) is 9.42. The Morgan fingerprint density at radius 2 is 1.79 bits per heavy atom. The molecule has 0 spiro atoms. The van der Waals surface area contributed by atoms with E-state index in [2.05, 4.69) is 10.6 Å². The molecule has 0 aliphatic carbocycles. The standard InChI is InChI=1S/C24H26Cl2N2O5/c1-4-7-18-21(23(29)31-3)22(28-24(30)27-18)14-10-11-19(20(12-14)32-5-2)33-13-15-16(25)8-6-9-17(15)26/h6,8-12,22H,4-5,7,13H2,1-3H3,(H2,27,28,30). The molecule has 0 radical (unpaired) electrons. The number of nitrogens with one attached hydrogen (secondary N) is 2. The number of rotatable bonds is 9. The minimum Gasteiger partial charge on any atom is -0.490 e. The van der Waals surface area contributed by atoms with E-state index < -0.39 is 12.0 Å². The molecule has 3 rings (SSSR count). The molecular formula is C24H26Cl2N2O5. The van der Waals surface area contributed by atoms with Crippen LogP contribution in [-0.4, -0.2) is 25.7 Å². The molecule has 1 aliphatic heterocycles. The Morgan fingerprint density at radius 3 is 2.42 bits per heavy atom. The highest BCUT2D eigenvalue weighted by molar-refractivity contribution is 6.35. The van der Waals surface area contributed by atoms with Crippen molar-refractivity contribution in [3.63, 3.8) is 0 Å². The van der Waals surface area contributed by atoms with Gasteiger partial charge in [0.1, 0.15) is 6.61 Å². The van der Waals surface area contributed by atoms with E-state index in [4.69, 9.17) is 37.4 Å². The number of hydrogen-bond acceptors (Lipinski definition) is 5. The summed E-state index contributed by atoms with van der Waals surface area (Å²) in [7, 11) is 1.31. The second-order valence-corrected chi connectivity index (χ2v) is 8.11. The van der Waals surface area contributed by atoms with E-state index in [9.17, 15) is 9.59 Å². The molecule has 0 aromatic heterocycles. The van der Waals surface area contributed by atoms with Crippen molar-refractivity contribution < 1.29 is 23.8 Å². The van der Waals surface area contributed by atoms with Gasteiger partial charge in [0.15, 0.2) is 11.5 Å². The Morgan fingerprint density at radius 1 is 1.06 bits per heavy atom. The maximum absolute atomic E-state index is 12.6. The van der Waals surface area contributed by atoms with Gasteiger partial charge in [0.05, 0.1) is 25.3 Å². The van der Waals surface area contributed by atoms with E-state index in [-0.39, 0.29) is 12.6 Å². The monoisotopic (exact) mass is 492 g/mol. The Bertz CT molecular complexity index is 1050. The number of ether oxygens (including phenoxy) is 3. The lowest BCUT2D eigenvalue weighted by molar-refractivity contribution is -0.136. The first-order chi connectivity index (χ1) is 15.9. The zero-order valence-electron chi connectivity index (χ0n) is 18.7. The molecule has 0 fully saturated rings.